The maximum Gasteiger partial charge on any atom is 0.331 e. The van der Waals surface area contributed by atoms with E-state index in [4.69, 9.17) is 25.8 Å². The normalized spacial score (nSPS) is 12.9. The van der Waals surface area contributed by atoms with Crippen molar-refractivity contribution in [1.82, 2.24) is 0 Å². The van der Waals surface area contributed by atoms with Crippen molar-refractivity contribution >= 4 is 41.0 Å². The van der Waals surface area contributed by atoms with Crippen molar-refractivity contribution in [1.29, 1.82) is 0 Å². The van der Waals surface area contributed by atoms with Gasteiger partial charge in [-0.05, 0) is 42.8 Å². The van der Waals surface area contributed by atoms with Gasteiger partial charge in [0.2, 0.25) is 0 Å². The molecule has 1 amide bonds. The van der Waals surface area contributed by atoms with Crippen LogP contribution < -0.4 is 14.8 Å². The van der Waals surface area contributed by atoms with Crippen molar-refractivity contribution < 1.29 is 28.6 Å². The molecule has 0 aromatic heterocycles. The van der Waals surface area contributed by atoms with Crippen LogP contribution in [-0.2, 0) is 14.3 Å². The van der Waals surface area contributed by atoms with Gasteiger partial charge in [-0.3, -0.25) is 9.59 Å². The molecule has 30 heavy (non-hydrogen) atoms. The highest BCUT2D eigenvalue weighted by molar-refractivity contribution is 6.32. The molecule has 8 heteroatoms. The van der Waals surface area contributed by atoms with Crippen LogP contribution in [0.2, 0.25) is 5.02 Å². The summed E-state index contributed by atoms with van der Waals surface area (Å²) in [5.41, 5.74) is 1.37. The van der Waals surface area contributed by atoms with Crippen LogP contribution in [0.25, 0.3) is 6.08 Å². The number of hydrogen-bond acceptors (Lipinski definition) is 6. The molecule has 7 nitrogen and oxygen atoms in total. The van der Waals surface area contributed by atoms with E-state index in [-0.39, 0.29) is 5.78 Å². The number of fused-ring (bicyclic) bond motifs is 1. The Balaban J connectivity index is 1.56. The molecule has 1 heterocycles. The Morgan fingerprint density at radius 1 is 1.17 bits per heavy atom. The maximum atomic E-state index is 12.0. The maximum absolute atomic E-state index is 12.0. The van der Waals surface area contributed by atoms with Crippen molar-refractivity contribution in [3.05, 3.63) is 58.6 Å². The lowest BCUT2D eigenvalue weighted by atomic mass is 10.1. The predicted octanol–water partition coefficient (Wildman–Crippen LogP) is 3.90. The largest absolute Gasteiger partial charge is 0.489 e. The van der Waals surface area contributed by atoms with Crippen molar-refractivity contribution in [2.75, 3.05) is 25.1 Å². The van der Waals surface area contributed by atoms with E-state index < -0.39 is 18.5 Å². The van der Waals surface area contributed by atoms with E-state index in [1.165, 1.54) is 19.1 Å². The Bertz CT molecular complexity index is 1000. The summed E-state index contributed by atoms with van der Waals surface area (Å²) in [6, 6.07) is 9.95. The number of esters is 1. The highest BCUT2D eigenvalue weighted by atomic mass is 35.5. The quantitative estimate of drug-likeness (QED) is 0.425. The van der Waals surface area contributed by atoms with Crippen LogP contribution in [0, 0.1) is 0 Å². The summed E-state index contributed by atoms with van der Waals surface area (Å²) < 4.78 is 16.1. The van der Waals surface area contributed by atoms with E-state index in [1.54, 1.807) is 36.4 Å². The molecule has 2 aromatic carbocycles. The second kappa shape index (κ2) is 9.93. The average molecular weight is 430 g/mol. The van der Waals surface area contributed by atoms with E-state index in [2.05, 4.69) is 5.32 Å². The molecule has 3 rings (SSSR count). The molecule has 0 saturated carbocycles. The second-order valence-corrected chi connectivity index (χ2v) is 6.88. The van der Waals surface area contributed by atoms with Crippen molar-refractivity contribution in [2.45, 2.75) is 13.3 Å². The fourth-order valence-corrected chi connectivity index (χ4v) is 3.06. The zero-order chi connectivity index (χ0) is 21.5. The Labute approximate surface area is 178 Å². The lowest BCUT2D eigenvalue weighted by Crippen LogP contribution is -2.21. The van der Waals surface area contributed by atoms with E-state index >= 15 is 0 Å². The fourth-order valence-electron chi connectivity index (χ4n) is 2.78. The third-order valence-electron chi connectivity index (χ3n) is 4.16. The lowest BCUT2D eigenvalue weighted by molar-refractivity contribution is -0.142. The van der Waals surface area contributed by atoms with E-state index in [0.29, 0.717) is 46.5 Å². The topological polar surface area (TPSA) is 90.9 Å². The number of nitrogens with one attached hydrogen (secondary N) is 1. The van der Waals surface area contributed by atoms with Crippen molar-refractivity contribution in [2.24, 2.45) is 0 Å². The van der Waals surface area contributed by atoms with Gasteiger partial charge in [-0.25, -0.2) is 4.79 Å². The Kier molecular flexibility index (Phi) is 7.08. The third-order valence-corrected chi connectivity index (χ3v) is 4.44. The number of Topliss-reactive ketones (excluding diaryl/α,β-unsaturated/α-hetero) is 1. The first-order valence-electron chi connectivity index (χ1n) is 9.28. The van der Waals surface area contributed by atoms with Crippen LogP contribution in [0.15, 0.2) is 42.5 Å². The molecule has 0 atom stereocenters. The second-order valence-electron chi connectivity index (χ2n) is 6.47. The zero-order valence-corrected chi connectivity index (χ0v) is 17.0. The molecular weight excluding hydrogens is 410 g/mol. The molecule has 0 spiro atoms. The molecule has 1 aliphatic heterocycles. The van der Waals surface area contributed by atoms with Crippen molar-refractivity contribution in [3.63, 3.8) is 0 Å². The van der Waals surface area contributed by atoms with Gasteiger partial charge in [-0.15, -0.1) is 0 Å². The molecule has 0 unspecified atom stereocenters. The summed E-state index contributed by atoms with van der Waals surface area (Å²) in [6.45, 7) is 1.95. The number of ketones is 1. The number of carbonyl (C=O) groups excluding carboxylic acids is 3. The molecule has 0 bridgehead atoms. The summed E-state index contributed by atoms with van der Waals surface area (Å²) in [6.07, 6.45) is 3.44. The lowest BCUT2D eigenvalue weighted by Gasteiger charge is -2.10. The predicted molar refractivity (Wildman–Crippen MR) is 112 cm³/mol. The van der Waals surface area contributed by atoms with Gasteiger partial charge in [0.1, 0.15) is 0 Å². The summed E-state index contributed by atoms with van der Waals surface area (Å²) in [7, 11) is 0. The van der Waals surface area contributed by atoms with Gasteiger partial charge in [0.05, 0.1) is 23.9 Å². The van der Waals surface area contributed by atoms with Gasteiger partial charge >= 0.3 is 5.97 Å². The SMILES string of the molecule is CC(=O)c1ccccc1NC(=O)COC(=O)/C=C/c1cc(Cl)c2c(c1)OCCCO2. The molecule has 1 aliphatic rings. The van der Waals surface area contributed by atoms with Gasteiger partial charge in [-0.1, -0.05) is 23.7 Å². The minimum Gasteiger partial charge on any atom is -0.489 e. The van der Waals surface area contributed by atoms with Gasteiger partial charge in [-0.2, -0.15) is 0 Å². The number of anilines is 1. The number of para-hydroxylation sites is 1. The van der Waals surface area contributed by atoms with Crippen LogP contribution in [0.1, 0.15) is 29.3 Å². The zero-order valence-electron chi connectivity index (χ0n) is 16.3. The summed E-state index contributed by atoms with van der Waals surface area (Å²) in [4.78, 5) is 35.6. The number of halogens is 1. The molecule has 2 aromatic rings. The van der Waals surface area contributed by atoms with E-state index in [9.17, 15) is 14.4 Å². The Morgan fingerprint density at radius 2 is 1.93 bits per heavy atom. The smallest absolute Gasteiger partial charge is 0.331 e. The minimum absolute atomic E-state index is 0.181. The van der Waals surface area contributed by atoms with Crippen LogP contribution in [0.5, 0.6) is 11.5 Å². The highest BCUT2D eigenvalue weighted by Crippen LogP contribution is 2.38. The molecule has 0 aliphatic carbocycles. The standard InChI is InChI=1S/C22H20ClNO6/c1-14(25)16-5-2-3-6-18(16)24-20(26)13-30-21(27)8-7-15-11-17(23)22-19(12-15)28-9-4-10-29-22/h2-3,5-8,11-12H,4,9-10,13H2,1H3,(H,24,26)/b8-7+. The van der Waals surface area contributed by atoms with E-state index in [1.807, 2.05) is 0 Å². The highest BCUT2D eigenvalue weighted by Gasteiger charge is 2.15. The number of benzene rings is 2. The first-order chi connectivity index (χ1) is 14.4. The molecule has 0 radical (unpaired) electrons. The summed E-state index contributed by atoms with van der Waals surface area (Å²) in [5, 5.41) is 2.94. The van der Waals surface area contributed by atoms with Gasteiger partial charge in [0, 0.05) is 18.1 Å². The number of rotatable bonds is 6. The number of carbonyl (C=O) groups is 3. The van der Waals surface area contributed by atoms with Gasteiger partial charge in [0.15, 0.2) is 23.9 Å². The van der Waals surface area contributed by atoms with Crippen LogP contribution >= 0.6 is 11.6 Å². The Hall–Kier alpha value is -3.32. The first kappa shape index (κ1) is 21.4. The Morgan fingerprint density at radius 3 is 2.73 bits per heavy atom. The first-order valence-corrected chi connectivity index (χ1v) is 9.65. The number of hydrogen-bond donors (Lipinski definition) is 1. The van der Waals surface area contributed by atoms with Gasteiger partial charge < -0.3 is 19.5 Å². The molecule has 1 N–H and O–H groups in total. The number of amides is 1. The van der Waals surface area contributed by atoms with Crippen LogP contribution in [-0.4, -0.2) is 37.5 Å². The van der Waals surface area contributed by atoms with Gasteiger partial charge in [0.25, 0.3) is 5.91 Å². The molecule has 156 valence electrons. The summed E-state index contributed by atoms with van der Waals surface area (Å²) in [5.74, 6) is -0.440. The monoisotopic (exact) mass is 429 g/mol. The number of ether oxygens (including phenoxy) is 3. The molecule has 0 saturated heterocycles. The summed E-state index contributed by atoms with van der Waals surface area (Å²) >= 11 is 6.22. The average Bonchev–Trinajstić information content (AvgIpc) is 2.97. The molecule has 0 fully saturated rings. The third kappa shape index (κ3) is 5.61. The van der Waals surface area contributed by atoms with Crippen LogP contribution in [0.3, 0.4) is 0 Å². The molecular formula is C22H20ClNO6. The fraction of sp³-hybridized carbons (Fsp3) is 0.227. The van der Waals surface area contributed by atoms with E-state index in [0.717, 1.165) is 6.42 Å². The minimum atomic E-state index is -0.701. The van der Waals surface area contributed by atoms with Crippen molar-refractivity contribution in [3.8, 4) is 11.5 Å². The van der Waals surface area contributed by atoms with Crippen LogP contribution in [0.4, 0.5) is 5.69 Å².